The van der Waals surface area contributed by atoms with Gasteiger partial charge in [-0.3, -0.25) is 9.48 Å². The second kappa shape index (κ2) is 2.83. The first-order chi connectivity index (χ1) is 6.24. The highest BCUT2D eigenvalue weighted by molar-refractivity contribution is 6.04. The van der Waals surface area contributed by atoms with Crippen LogP contribution < -0.4 is 0 Å². The summed E-state index contributed by atoms with van der Waals surface area (Å²) in [6.07, 6.45) is 5.52. The summed E-state index contributed by atoms with van der Waals surface area (Å²) in [6, 6.07) is 0. The van der Waals surface area contributed by atoms with Crippen molar-refractivity contribution in [2.45, 2.75) is 18.8 Å². The van der Waals surface area contributed by atoms with Gasteiger partial charge in [-0.15, -0.1) is 0 Å². The molecule has 0 saturated heterocycles. The summed E-state index contributed by atoms with van der Waals surface area (Å²) in [4.78, 5) is 11.5. The largest absolute Gasteiger partial charge is 0.288 e. The lowest BCUT2D eigenvalue weighted by Gasteiger charge is -1.99. The highest BCUT2D eigenvalue weighted by Gasteiger charge is 2.29. The third kappa shape index (κ3) is 1.30. The Balaban J connectivity index is 2.45. The predicted molar refractivity (Wildman–Crippen MR) is 49.7 cm³/mol. The monoisotopic (exact) mass is 176 g/mol. The van der Waals surface area contributed by atoms with E-state index >= 15 is 0 Å². The number of aryl methyl sites for hydroxylation is 1. The van der Waals surface area contributed by atoms with E-state index in [1.807, 2.05) is 0 Å². The molecule has 0 bridgehead atoms. The molecule has 0 amide bonds. The Kier molecular flexibility index (Phi) is 1.79. The Labute approximate surface area is 77.1 Å². The van der Waals surface area contributed by atoms with Crippen LogP contribution in [-0.4, -0.2) is 15.6 Å². The van der Waals surface area contributed by atoms with Crippen LogP contribution in [0.3, 0.4) is 0 Å². The lowest BCUT2D eigenvalue weighted by atomic mass is 10.1. The first-order valence-electron chi connectivity index (χ1n) is 4.42. The standard InChI is InChI=1S/C10H12N2O/c1-3-9(13)10-8(7-4-5-7)6-11-12(10)2/h3,6-7H,1,4-5H2,2H3. The summed E-state index contributed by atoms with van der Waals surface area (Å²) in [7, 11) is 1.79. The maximum absolute atomic E-state index is 11.5. The lowest BCUT2D eigenvalue weighted by Crippen LogP contribution is -2.06. The molecule has 1 aliphatic carbocycles. The molecular weight excluding hydrogens is 164 g/mol. The fraction of sp³-hybridized carbons (Fsp3) is 0.400. The van der Waals surface area contributed by atoms with E-state index in [-0.39, 0.29) is 5.78 Å². The Bertz CT molecular complexity index is 361. The molecule has 0 aliphatic heterocycles. The van der Waals surface area contributed by atoms with E-state index in [4.69, 9.17) is 0 Å². The van der Waals surface area contributed by atoms with E-state index in [2.05, 4.69) is 11.7 Å². The van der Waals surface area contributed by atoms with Gasteiger partial charge in [-0.1, -0.05) is 6.58 Å². The van der Waals surface area contributed by atoms with Gasteiger partial charge in [-0.2, -0.15) is 5.10 Å². The van der Waals surface area contributed by atoms with Crippen LogP contribution in [0.2, 0.25) is 0 Å². The number of rotatable bonds is 3. The van der Waals surface area contributed by atoms with Crippen molar-refractivity contribution in [2.75, 3.05) is 0 Å². The summed E-state index contributed by atoms with van der Waals surface area (Å²) >= 11 is 0. The van der Waals surface area contributed by atoms with Crippen LogP contribution in [0.25, 0.3) is 0 Å². The molecule has 0 atom stereocenters. The number of hydrogen-bond donors (Lipinski definition) is 0. The molecule has 1 fully saturated rings. The molecule has 1 saturated carbocycles. The van der Waals surface area contributed by atoms with Gasteiger partial charge >= 0.3 is 0 Å². The van der Waals surface area contributed by atoms with Crippen molar-refractivity contribution in [2.24, 2.45) is 7.05 Å². The maximum atomic E-state index is 11.5. The predicted octanol–water partition coefficient (Wildman–Crippen LogP) is 1.67. The van der Waals surface area contributed by atoms with Gasteiger partial charge in [0.05, 0.1) is 6.20 Å². The van der Waals surface area contributed by atoms with Gasteiger partial charge in [0.25, 0.3) is 0 Å². The zero-order valence-electron chi connectivity index (χ0n) is 7.66. The maximum Gasteiger partial charge on any atom is 0.203 e. The summed E-state index contributed by atoms with van der Waals surface area (Å²) in [5.41, 5.74) is 1.80. The van der Waals surface area contributed by atoms with Crippen molar-refractivity contribution in [3.05, 3.63) is 30.1 Å². The zero-order valence-corrected chi connectivity index (χ0v) is 7.66. The molecule has 0 unspecified atom stereocenters. The average molecular weight is 176 g/mol. The molecule has 1 aliphatic rings. The number of allylic oxidation sites excluding steroid dienone is 1. The van der Waals surface area contributed by atoms with Gasteiger partial charge in [0.15, 0.2) is 0 Å². The van der Waals surface area contributed by atoms with Crippen molar-refractivity contribution in [1.29, 1.82) is 0 Å². The van der Waals surface area contributed by atoms with Crippen LogP contribution in [0, 0.1) is 0 Å². The molecule has 0 spiro atoms. The molecule has 68 valence electrons. The minimum absolute atomic E-state index is 0.0260. The Morgan fingerprint density at radius 3 is 3.00 bits per heavy atom. The van der Waals surface area contributed by atoms with Crippen LogP contribution in [-0.2, 0) is 7.05 Å². The molecule has 3 heteroatoms. The minimum Gasteiger partial charge on any atom is -0.288 e. The fourth-order valence-electron chi connectivity index (χ4n) is 1.55. The SMILES string of the molecule is C=CC(=O)c1c(C2CC2)cnn1C. The Morgan fingerprint density at radius 2 is 2.46 bits per heavy atom. The van der Waals surface area contributed by atoms with E-state index < -0.39 is 0 Å². The number of carbonyl (C=O) groups excluding carboxylic acids is 1. The molecular formula is C10H12N2O. The van der Waals surface area contributed by atoms with Crippen molar-refractivity contribution >= 4 is 5.78 Å². The smallest absolute Gasteiger partial charge is 0.203 e. The van der Waals surface area contributed by atoms with Gasteiger partial charge in [-0.05, 0) is 24.8 Å². The molecule has 0 aromatic carbocycles. The number of aromatic nitrogens is 2. The number of hydrogen-bond acceptors (Lipinski definition) is 2. The quantitative estimate of drug-likeness (QED) is 0.518. The van der Waals surface area contributed by atoms with Crippen LogP contribution in [0.15, 0.2) is 18.9 Å². The summed E-state index contributed by atoms with van der Waals surface area (Å²) in [6.45, 7) is 3.49. The second-order valence-electron chi connectivity index (χ2n) is 3.41. The van der Waals surface area contributed by atoms with Gasteiger partial charge in [-0.25, -0.2) is 0 Å². The van der Waals surface area contributed by atoms with Crippen molar-refractivity contribution < 1.29 is 4.79 Å². The summed E-state index contributed by atoms with van der Waals surface area (Å²) in [5.74, 6) is 0.537. The molecule has 1 aromatic heterocycles. The fourth-order valence-corrected chi connectivity index (χ4v) is 1.55. The van der Waals surface area contributed by atoms with Crippen LogP contribution in [0.5, 0.6) is 0 Å². The summed E-state index contributed by atoms with van der Waals surface area (Å²) < 4.78 is 1.64. The van der Waals surface area contributed by atoms with E-state index in [9.17, 15) is 4.79 Å². The second-order valence-corrected chi connectivity index (χ2v) is 3.41. The van der Waals surface area contributed by atoms with E-state index in [1.165, 1.54) is 18.9 Å². The van der Waals surface area contributed by atoms with Crippen molar-refractivity contribution in [3.8, 4) is 0 Å². The molecule has 3 nitrogen and oxygen atoms in total. The van der Waals surface area contributed by atoms with E-state index in [1.54, 1.807) is 17.9 Å². The van der Waals surface area contributed by atoms with Gasteiger partial charge in [0.2, 0.25) is 5.78 Å². The van der Waals surface area contributed by atoms with Crippen molar-refractivity contribution in [1.82, 2.24) is 9.78 Å². The highest BCUT2D eigenvalue weighted by atomic mass is 16.1. The zero-order chi connectivity index (χ0) is 9.42. The van der Waals surface area contributed by atoms with Gasteiger partial charge in [0.1, 0.15) is 5.69 Å². The third-order valence-electron chi connectivity index (χ3n) is 2.40. The topological polar surface area (TPSA) is 34.9 Å². The summed E-state index contributed by atoms with van der Waals surface area (Å²) in [5, 5.41) is 4.09. The molecule has 0 radical (unpaired) electrons. The van der Waals surface area contributed by atoms with E-state index in [0.29, 0.717) is 11.6 Å². The number of carbonyl (C=O) groups is 1. The lowest BCUT2D eigenvalue weighted by molar-refractivity contribution is 0.103. The Hall–Kier alpha value is -1.38. The van der Waals surface area contributed by atoms with Gasteiger partial charge in [0, 0.05) is 12.6 Å². The Morgan fingerprint density at radius 1 is 1.77 bits per heavy atom. The van der Waals surface area contributed by atoms with Crippen LogP contribution in [0.4, 0.5) is 0 Å². The third-order valence-corrected chi connectivity index (χ3v) is 2.40. The molecule has 13 heavy (non-hydrogen) atoms. The normalized spacial score (nSPS) is 15.8. The minimum atomic E-state index is -0.0260. The molecule has 1 aromatic rings. The first-order valence-corrected chi connectivity index (χ1v) is 4.42. The van der Waals surface area contributed by atoms with Crippen LogP contribution in [0.1, 0.15) is 34.8 Å². The van der Waals surface area contributed by atoms with E-state index in [0.717, 1.165) is 5.56 Å². The molecule has 2 rings (SSSR count). The van der Waals surface area contributed by atoms with Crippen molar-refractivity contribution in [3.63, 3.8) is 0 Å². The number of nitrogens with zero attached hydrogens (tertiary/aromatic N) is 2. The highest BCUT2D eigenvalue weighted by Crippen LogP contribution is 2.41. The average Bonchev–Trinajstić information content (AvgIpc) is 2.89. The molecule has 0 N–H and O–H groups in total. The number of ketones is 1. The molecule has 1 heterocycles. The van der Waals surface area contributed by atoms with Crippen LogP contribution >= 0.6 is 0 Å². The van der Waals surface area contributed by atoms with Gasteiger partial charge < -0.3 is 0 Å². The first kappa shape index (κ1) is 8.23.